The molecule has 2 amide bonds. The molecule has 170 valence electrons. The second kappa shape index (κ2) is 9.92. The number of carbonyl (C=O) groups is 2. The molecule has 1 aromatic heterocycles. The summed E-state index contributed by atoms with van der Waals surface area (Å²) in [5.41, 5.74) is 6.26. The summed E-state index contributed by atoms with van der Waals surface area (Å²) in [4.78, 5) is 25.0. The van der Waals surface area contributed by atoms with Crippen LogP contribution in [0.4, 0.5) is 5.69 Å². The maximum atomic E-state index is 13.2. The number of anilines is 1. The van der Waals surface area contributed by atoms with Crippen LogP contribution in [0.1, 0.15) is 60.7 Å². The molecule has 0 radical (unpaired) electrons. The first-order valence-electron chi connectivity index (χ1n) is 9.97. The van der Waals surface area contributed by atoms with Crippen molar-refractivity contribution in [3.05, 3.63) is 35.2 Å². The Bertz CT molecular complexity index is 1080. The SMILES string of the molecule is CCCc1nn(C)c(C(N)=O)c1NC(=O)c1cc(S(=O)(=O)NC(C)C)ccc1OCC. The number of hydrogen-bond acceptors (Lipinski definition) is 6. The number of benzene rings is 1. The third-order valence-electron chi connectivity index (χ3n) is 4.28. The van der Waals surface area contributed by atoms with E-state index in [0.717, 1.165) is 6.42 Å². The van der Waals surface area contributed by atoms with Crippen LogP contribution in [0.2, 0.25) is 0 Å². The molecule has 10 nitrogen and oxygen atoms in total. The third kappa shape index (κ3) is 5.61. The first-order chi connectivity index (χ1) is 14.5. The fourth-order valence-electron chi connectivity index (χ4n) is 3.10. The predicted molar refractivity (Wildman–Crippen MR) is 117 cm³/mol. The van der Waals surface area contributed by atoms with Gasteiger partial charge in [0.2, 0.25) is 10.0 Å². The second-order valence-corrected chi connectivity index (χ2v) is 8.94. The van der Waals surface area contributed by atoms with Gasteiger partial charge in [0, 0.05) is 13.1 Å². The van der Waals surface area contributed by atoms with Gasteiger partial charge in [-0.15, -0.1) is 0 Å². The lowest BCUT2D eigenvalue weighted by Gasteiger charge is -2.14. The minimum Gasteiger partial charge on any atom is -0.493 e. The van der Waals surface area contributed by atoms with Crippen LogP contribution in [0.5, 0.6) is 5.75 Å². The third-order valence-corrected chi connectivity index (χ3v) is 5.93. The molecule has 1 heterocycles. The zero-order chi connectivity index (χ0) is 23.3. The van der Waals surface area contributed by atoms with Crippen LogP contribution in [-0.2, 0) is 23.5 Å². The van der Waals surface area contributed by atoms with Crippen molar-refractivity contribution >= 4 is 27.5 Å². The smallest absolute Gasteiger partial charge is 0.269 e. The van der Waals surface area contributed by atoms with Crippen LogP contribution in [-0.4, -0.2) is 42.7 Å². The van der Waals surface area contributed by atoms with Crippen molar-refractivity contribution in [3.63, 3.8) is 0 Å². The first-order valence-corrected chi connectivity index (χ1v) is 11.5. The Morgan fingerprint density at radius 1 is 1.26 bits per heavy atom. The minimum absolute atomic E-state index is 0.00945. The number of hydrogen-bond donors (Lipinski definition) is 3. The molecule has 0 aliphatic carbocycles. The van der Waals surface area contributed by atoms with Crippen molar-refractivity contribution < 1.29 is 22.7 Å². The van der Waals surface area contributed by atoms with Gasteiger partial charge < -0.3 is 15.8 Å². The highest BCUT2D eigenvalue weighted by atomic mass is 32.2. The van der Waals surface area contributed by atoms with Gasteiger partial charge in [0.05, 0.1) is 28.4 Å². The molecule has 0 aliphatic heterocycles. The number of primary amides is 1. The Morgan fingerprint density at radius 2 is 1.94 bits per heavy atom. The molecule has 0 unspecified atom stereocenters. The number of aromatic nitrogens is 2. The van der Waals surface area contributed by atoms with Crippen LogP contribution in [0, 0.1) is 0 Å². The number of aryl methyl sites for hydroxylation is 2. The predicted octanol–water partition coefficient (Wildman–Crippen LogP) is 1.81. The van der Waals surface area contributed by atoms with E-state index in [-0.39, 0.29) is 40.2 Å². The zero-order valence-corrected chi connectivity index (χ0v) is 19.2. The molecular weight excluding hydrogens is 422 g/mol. The average molecular weight is 452 g/mol. The standard InChI is InChI=1S/C20H29N5O5S/c1-6-8-15-17(18(19(21)26)25(5)23-15)22-20(27)14-11-13(9-10-16(14)30-7-2)31(28,29)24-12(3)4/h9-12,24H,6-8H2,1-5H3,(H2,21,26)(H,22,27). The van der Waals surface area contributed by atoms with Crippen LogP contribution < -0.4 is 20.5 Å². The van der Waals surface area contributed by atoms with Gasteiger partial charge in [-0.05, 0) is 45.4 Å². The van der Waals surface area contributed by atoms with E-state index < -0.39 is 21.8 Å². The lowest BCUT2D eigenvalue weighted by atomic mass is 10.1. The number of rotatable bonds is 10. The lowest BCUT2D eigenvalue weighted by Crippen LogP contribution is -2.30. The molecule has 0 saturated heterocycles. The normalized spacial score (nSPS) is 11.5. The number of nitrogens with one attached hydrogen (secondary N) is 2. The van der Waals surface area contributed by atoms with Crippen LogP contribution in [0.3, 0.4) is 0 Å². The molecule has 0 fully saturated rings. The second-order valence-electron chi connectivity index (χ2n) is 7.23. The summed E-state index contributed by atoms with van der Waals surface area (Å²) in [7, 11) is -2.27. The Kier molecular flexibility index (Phi) is 7.80. The van der Waals surface area contributed by atoms with E-state index in [1.165, 1.54) is 22.9 Å². The molecule has 0 bridgehead atoms. The van der Waals surface area contributed by atoms with Gasteiger partial charge >= 0.3 is 0 Å². The topological polar surface area (TPSA) is 145 Å². The van der Waals surface area contributed by atoms with Crippen LogP contribution in [0.25, 0.3) is 0 Å². The number of nitrogens with zero attached hydrogens (tertiary/aromatic N) is 2. The van der Waals surface area contributed by atoms with Crippen LogP contribution >= 0.6 is 0 Å². The maximum Gasteiger partial charge on any atom is 0.269 e. The number of amides is 2. The quantitative estimate of drug-likeness (QED) is 0.502. The largest absolute Gasteiger partial charge is 0.493 e. The fraction of sp³-hybridized carbons (Fsp3) is 0.450. The Morgan fingerprint density at radius 3 is 2.48 bits per heavy atom. The molecule has 0 aliphatic rings. The summed E-state index contributed by atoms with van der Waals surface area (Å²) >= 11 is 0. The molecule has 11 heteroatoms. The Labute approximate surface area is 182 Å². The van der Waals surface area contributed by atoms with Crippen molar-refractivity contribution in [1.29, 1.82) is 0 Å². The van der Waals surface area contributed by atoms with E-state index in [2.05, 4.69) is 15.1 Å². The molecule has 4 N–H and O–H groups in total. The number of ether oxygens (including phenoxy) is 1. The fourth-order valence-corrected chi connectivity index (χ4v) is 4.38. The Hall–Kier alpha value is -2.92. The number of carbonyl (C=O) groups excluding carboxylic acids is 2. The van der Waals surface area contributed by atoms with Gasteiger partial charge in [-0.1, -0.05) is 13.3 Å². The maximum absolute atomic E-state index is 13.2. The molecule has 0 spiro atoms. The molecule has 2 aromatic rings. The van der Waals surface area contributed by atoms with Gasteiger partial charge in [0.15, 0.2) is 0 Å². The number of sulfonamides is 1. The zero-order valence-electron chi connectivity index (χ0n) is 18.4. The summed E-state index contributed by atoms with van der Waals surface area (Å²) < 4.78 is 34.5. The van der Waals surface area contributed by atoms with E-state index in [4.69, 9.17) is 10.5 Å². The molecule has 0 atom stereocenters. The summed E-state index contributed by atoms with van der Waals surface area (Å²) in [5.74, 6) is -1.17. The van der Waals surface area contributed by atoms with Gasteiger partial charge in [-0.2, -0.15) is 5.10 Å². The van der Waals surface area contributed by atoms with Crippen molar-refractivity contribution in [2.75, 3.05) is 11.9 Å². The van der Waals surface area contributed by atoms with E-state index >= 15 is 0 Å². The van der Waals surface area contributed by atoms with Crippen molar-refractivity contribution in [2.45, 2.75) is 51.5 Å². The minimum atomic E-state index is -3.83. The van der Waals surface area contributed by atoms with Crippen molar-refractivity contribution in [1.82, 2.24) is 14.5 Å². The van der Waals surface area contributed by atoms with Crippen molar-refractivity contribution in [3.8, 4) is 5.75 Å². The van der Waals surface area contributed by atoms with E-state index in [1.807, 2.05) is 6.92 Å². The highest BCUT2D eigenvalue weighted by Gasteiger charge is 2.25. The highest BCUT2D eigenvalue weighted by molar-refractivity contribution is 7.89. The highest BCUT2D eigenvalue weighted by Crippen LogP contribution is 2.27. The molecule has 1 aromatic carbocycles. The average Bonchev–Trinajstić information content (AvgIpc) is 2.96. The van der Waals surface area contributed by atoms with E-state index in [9.17, 15) is 18.0 Å². The van der Waals surface area contributed by atoms with E-state index in [1.54, 1.807) is 27.8 Å². The van der Waals surface area contributed by atoms with E-state index in [0.29, 0.717) is 12.1 Å². The summed E-state index contributed by atoms with van der Waals surface area (Å²) in [6, 6.07) is 3.72. The lowest BCUT2D eigenvalue weighted by molar-refractivity contribution is 0.0992. The molecule has 0 saturated carbocycles. The molecule has 31 heavy (non-hydrogen) atoms. The molecule has 2 rings (SSSR count). The summed E-state index contributed by atoms with van der Waals surface area (Å²) in [5, 5.41) is 6.96. The summed E-state index contributed by atoms with van der Waals surface area (Å²) in [6.45, 7) is 7.36. The van der Waals surface area contributed by atoms with Crippen molar-refractivity contribution in [2.24, 2.45) is 12.8 Å². The summed E-state index contributed by atoms with van der Waals surface area (Å²) in [6.07, 6.45) is 1.25. The monoisotopic (exact) mass is 451 g/mol. The van der Waals surface area contributed by atoms with Gasteiger partial charge in [-0.3, -0.25) is 14.3 Å². The van der Waals surface area contributed by atoms with Gasteiger partial charge in [0.25, 0.3) is 11.8 Å². The number of nitrogens with two attached hydrogens (primary N) is 1. The first kappa shape index (κ1) is 24.4. The van der Waals surface area contributed by atoms with Gasteiger partial charge in [0.1, 0.15) is 11.4 Å². The van der Waals surface area contributed by atoms with Crippen LogP contribution in [0.15, 0.2) is 23.1 Å². The van der Waals surface area contributed by atoms with Gasteiger partial charge in [-0.25, -0.2) is 13.1 Å². The molecular formula is C20H29N5O5S. The Balaban J connectivity index is 2.54.